The Morgan fingerprint density at radius 3 is 2.47 bits per heavy atom. The minimum Gasteiger partial charge on any atom is -0.396 e. The molecule has 90 valence electrons. The summed E-state index contributed by atoms with van der Waals surface area (Å²) in [5, 5.41) is 22.0. The molecule has 0 aliphatic carbocycles. The van der Waals surface area contributed by atoms with Crippen LogP contribution in [0.25, 0.3) is 0 Å². The van der Waals surface area contributed by atoms with E-state index in [2.05, 4.69) is 26.1 Å². The average molecular weight is 217 g/mol. The van der Waals surface area contributed by atoms with Crippen LogP contribution < -0.4 is 5.32 Å². The van der Waals surface area contributed by atoms with Gasteiger partial charge in [0.2, 0.25) is 0 Å². The lowest BCUT2D eigenvalue weighted by Gasteiger charge is -2.34. The summed E-state index contributed by atoms with van der Waals surface area (Å²) in [5.41, 5.74) is 0.0744. The summed E-state index contributed by atoms with van der Waals surface area (Å²) in [6.45, 7) is 7.51. The summed E-state index contributed by atoms with van der Waals surface area (Å²) >= 11 is 0. The molecule has 3 N–H and O–H groups in total. The van der Waals surface area contributed by atoms with Crippen molar-refractivity contribution in [3.05, 3.63) is 0 Å². The normalized spacial score (nSPS) is 29.4. The molecule has 0 radical (unpaired) electrons. The van der Waals surface area contributed by atoms with E-state index in [-0.39, 0.29) is 24.1 Å². The minimum absolute atomic E-state index is 0.000718. The van der Waals surface area contributed by atoms with E-state index in [1.807, 2.05) is 0 Å². The summed E-state index contributed by atoms with van der Waals surface area (Å²) in [7, 11) is 0. The molecule has 1 saturated heterocycles. The minimum atomic E-state index is -0.423. The molecule has 1 fully saturated rings. The summed E-state index contributed by atoms with van der Waals surface area (Å²) in [6, 6.07) is 0.199. The Kier molecular flexibility index (Phi) is 4.52. The third kappa shape index (κ3) is 3.72. The fourth-order valence-electron chi connectivity index (χ4n) is 1.86. The zero-order valence-corrected chi connectivity index (χ0v) is 9.86. The molecule has 3 unspecified atom stereocenters. The van der Waals surface area contributed by atoms with Crippen molar-refractivity contribution in [2.24, 2.45) is 5.41 Å². The summed E-state index contributed by atoms with van der Waals surface area (Å²) in [5.74, 6) is 0. The lowest BCUT2D eigenvalue weighted by molar-refractivity contribution is 0.113. The maximum Gasteiger partial charge on any atom is 0.0948 e. The zero-order chi connectivity index (χ0) is 11.5. The smallest absolute Gasteiger partial charge is 0.0948 e. The maximum absolute atomic E-state index is 9.62. The Morgan fingerprint density at radius 1 is 1.40 bits per heavy atom. The van der Waals surface area contributed by atoms with Crippen LogP contribution in [0, 0.1) is 5.41 Å². The van der Waals surface area contributed by atoms with E-state index < -0.39 is 6.10 Å². The standard InChI is InChI=1S/C11H23NO3/c1-11(2,3)10(4-5-13)12-8-6-15-7-9(8)14/h8-10,12-14H,4-7H2,1-3H3. The molecule has 0 aromatic rings. The van der Waals surface area contributed by atoms with Crippen LogP contribution in [0.4, 0.5) is 0 Å². The Balaban J connectivity index is 2.50. The van der Waals surface area contributed by atoms with Crippen LogP contribution in [0.1, 0.15) is 27.2 Å². The first-order valence-corrected chi connectivity index (χ1v) is 5.58. The van der Waals surface area contributed by atoms with Gasteiger partial charge in [-0.1, -0.05) is 20.8 Å². The van der Waals surface area contributed by atoms with Gasteiger partial charge in [0.05, 0.1) is 25.4 Å². The molecule has 1 heterocycles. The second-order valence-corrected chi connectivity index (χ2v) is 5.31. The molecule has 0 saturated carbocycles. The van der Waals surface area contributed by atoms with Crippen molar-refractivity contribution in [3.8, 4) is 0 Å². The van der Waals surface area contributed by atoms with E-state index in [1.54, 1.807) is 0 Å². The van der Waals surface area contributed by atoms with Crippen molar-refractivity contribution in [1.82, 2.24) is 5.32 Å². The van der Waals surface area contributed by atoms with Crippen molar-refractivity contribution in [3.63, 3.8) is 0 Å². The van der Waals surface area contributed by atoms with Gasteiger partial charge in [-0.25, -0.2) is 0 Å². The first kappa shape index (κ1) is 12.9. The van der Waals surface area contributed by atoms with E-state index in [1.165, 1.54) is 0 Å². The number of rotatable bonds is 4. The summed E-state index contributed by atoms with van der Waals surface area (Å²) < 4.78 is 5.19. The van der Waals surface area contributed by atoms with Gasteiger partial charge in [-0.05, 0) is 11.8 Å². The lowest BCUT2D eigenvalue weighted by Crippen LogP contribution is -2.50. The number of ether oxygens (including phenoxy) is 1. The van der Waals surface area contributed by atoms with E-state index in [4.69, 9.17) is 9.84 Å². The molecule has 0 amide bonds. The van der Waals surface area contributed by atoms with Gasteiger partial charge in [-0.15, -0.1) is 0 Å². The topological polar surface area (TPSA) is 61.7 Å². The van der Waals surface area contributed by atoms with Crippen molar-refractivity contribution in [1.29, 1.82) is 0 Å². The molecular weight excluding hydrogens is 194 g/mol. The molecular formula is C11H23NO3. The maximum atomic E-state index is 9.62. The number of nitrogens with one attached hydrogen (secondary N) is 1. The Labute approximate surface area is 91.6 Å². The largest absolute Gasteiger partial charge is 0.396 e. The third-order valence-electron chi connectivity index (χ3n) is 2.93. The van der Waals surface area contributed by atoms with Crippen LogP contribution in [-0.2, 0) is 4.74 Å². The molecule has 4 nitrogen and oxygen atoms in total. The Bertz CT molecular complexity index is 191. The van der Waals surface area contributed by atoms with E-state index in [9.17, 15) is 5.11 Å². The van der Waals surface area contributed by atoms with Crippen molar-refractivity contribution in [2.45, 2.75) is 45.4 Å². The first-order chi connectivity index (χ1) is 6.95. The van der Waals surface area contributed by atoms with Gasteiger partial charge in [-0.2, -0.15) is 0 Å². The number of aliphatic hydroxyl groups excluding tert-OH is 2. The van der Waals surface area contributed by atoms with Crippen LogP contribution in [-0.4, -0.2) is 48.2 Å². The molecule has 1 aliphatic heterocycles. The van der Waals surface area contributed by atoms with Crippen molar-refractivity contribution < 1.29 is 14.9 Å². The third-order valence-corrected chi connectivity index (χ3v) is 2.93. The number of aliphatic hydroxyl groups is 2. The van der Waals surface area contributed by atoms with E-state index >= 15 is 0 Å². The summed E-state index contributed by atoms with van der Waals surface area (Å²) in [6.07, 6.45) is 0.278. The SMILES string of the molecule is CC(C)(C)C(CCO)NC1COCC1O. The average Bonchev–Trinajstić information content (AvgIpc) is 2.49. The molecule has 1 aliphatic rings. The molecule has 4 heteroatoms. The van der Waals surface area contributed by atoms with Crippen LogP contribution >= 0.6 is 0 Å². The van der Waals surface area contributed by atoms with Crippen LogP contribution in [0.5, 0.6) is 0 Å². The van der Waals surface area contributed by atoms with E-state index in [0.29, 0.717) is 19.6 Å². The Morgan fingerprint density at radius 2 is 2.07 bits per heavy atom. The molecule has 0 bridgehead atoms. The molecule has 0 aromatic carbocycles. The number of hydrogen-bond acceptors (Lipinski definition) is 4. The molecule has 0 spiro atoms. The second kappa shape index (κ2) is 5.25. The van der Waals surface area contributed by atoms with Gasteiger partial charge in [0.1, 0.15) is 0 Å². The molecule has 3 atom stereocenters. The highest BCUT2D eigenvalue weighted by atomic mass is 16.5. The predicted octanol–water partition coefficient (Wildman–Crippen LogP) is 0.133. The highest BCUT2D eigenvalue weighted by Gasteiger charge is 2.32. The van der Waals surface area contributed by atoms with Crippen molar-refractivity contribution >= 4 is 0 Å². The van der Waals surface area contributed by atoms with Crippen LogP contribution in [0.2, 0.25) is 0 Å². The molecule has 0 aromatic heterocycles. The zero-order valence-electron chi connectivity index (χ0n) is 9.86. The van der Waals surface area contributed by atoms with Gasteiger partial charge >= 0.3 is 0 Å². The first-order valence-electron chi connectivity index (χ1n) is 5.58. The van der Waals surface area contributed by atoms with Crippen LogP contribution in [0.3, 0.4) is 0 Å². The second-order valence-electron chi connectivity index (χ2n) is 5.31. The highest BCUT2D eigenvalue weighted by molar-refractivity contribution is 4.88. The van der Waals surface area contributed by atoms with Gasteiger partial charge < -0.3 is 20.3 Å². The van der Waals surface area contributed by atoms with Crippen molar-refractivity contribution in [2.75, 3.05) is 19.8 Å². The monoisotopic (exact) mass is 217 g/mol. The number of hydrogen-bond donors (Lipinski definition) is 3. The van der Waals surface area contributed by atoms with Gasteiger partial charge in [0, 0.05) is 12.6 Å². The van der Waals surface area contributed by atoms with Gasteiger partial charge in [-0.3, -0.25) is 0 Å². The Hall–Kier alpha value is -0.160. The predicted molar refractivity (Wildman–Crippen MR) is 58.7 cm³/mol. The fraction of sp³-hybridized carbons (Fsp3) is 1.00. The quantitative estimate of drug-likeness (QED) is 0.626. The highest BCUT2D eigenvalue weighted by Crippen LogP contribution is 2.23. The van der Waals surface area contributed by atoms with E-state index in [0.717, 1.165) is 0 Å². The fourth-order valence-corrected chi connectivity index (χ4v) is 1.86. The molecule has 15 heavy (non-hydrogen) atoms. The summed E-state index contributed by atoms with van der Waals surface area (Å²) in [4.78, 5) is 0. The van der Waals surface area contributed by atoms with Crippen LogP contribution in [0.15, 0.2) is 0 Å². The van der Waals surface area contributed by atoms with Gasteiger partial charge in [0.15, 0.2) is 0 Å². The van der Waals surface area contributed by atoms with Gasteiger partial charge in [0.25, 0.3) is 0 Å². The molecule has 1 rings (SSSR count). The lowest BCUT2D eigenvalue weighted by atomic mass is 9.84.